The lowest BCUT2D eigenvalue weighted by Crippen LogP contribution is -2.39. The van der Waals surface area contributed by atoms with Gasteiger partial charge in [-0.05, 0) is 62.6 Å². The lowest BCUT2D eigenvalue weighted by atomic mass is 9.99. The number of carbonyl (C=O) groups excluding carboxylic acids is 1. The third-order valence-electron chi connectivity index (χ3n) is 4.36. The second-order valence-corrected chi connectivity index (χ2v) is 7.76. The van der Waals surface area contributed by atoms with E-state index in [-0.39, 0.29) is 17.5 Å². The third kappa shape index (κ3) is 5.34. The molecule has 1 amide bonds. The summed E-state index contributed by atoms with van der Waals surface area (Å²) in [6, 6.07) is 13.8. The lowest BCUT2D eigenvalue weighted by Gasteiger charge is -2.29. The number of nitro benzene ring substituents is 1. The van der Waals surface area contributed by atoms with Crippen molar-refractivity contribution in [2.75, 3.05) is 13.1 Å². The molecular formula is C22H24N2O5. The fourth-order valence-electron chi connectivity index (χ4n) is 2.99. The van der Waals surface area contributed by atoms with E-state index >= 15 is 0 Å². The van der Waals surface area contributed by atoms with E-state index in [1.807, 2.05) is 32.9 Å². The molecule has 152 valence electrons. The van der Waals surface area contributed by atoms with Crippen LogP contribution in [0.5, 0.6) is 11.5 Å². The first-order chi connectivity index (χ1) is 13.7. The zero-order valence-electron chi connectivity index (χ0n) is 16.8. The average molecular weight is 396 g/mol. The molecule has 2 aromatic rings. The molecule has 2 aromatic carbocycles. The number of ether oxygens (including phenoxy) is 2. The molecular weight excluding hydrogens is 372 g/mol. The minimum atomic E-state index is -0.539. The van der Waals surface area contributed by atoms with Gasteiger partial charge in [0.15, 0.2) is 0 Å². The number of nitro groups is 1. The van der Waals surface area contributed by atoms with Crippen LogP contribution < -0.4 is 4.74 Å². The fourth-order valence-corrected chi connectivity index (χ4v) is 2.99. The predicted octanol–water partition coefficient (Wildman–Crippen LogP) is 5.41. The van der Waals surface area contributed by atoms with Crippen LogP contribution in [-0.4, -0.2) is 34.6 Å². The van der Waals surface area contributed by atoms with E-state index in [0.29, 0.717) is 25.3 Å². The Bertz CT molecular complexity index is 932. The summed E-state index contributed by atoms with van der Waals surface area (Å²) < 4.78 is 11.2. The molecule has 0 unspecified atom stereocenters. The van der Waals surface area contributed by atoms with Crippen molar-refractivity contribution in [1.82, 2.24) is 4.90 Å². The summed E-state index contributed by atoms with van der Waals surface area (Å²) in [6.45, 7) is 6.45. The van der Waals surface area contributed by atoms with Gasteiger partial charge in [0.25, 0.3) is 0 Å². The molecule has 0 saturated heterocycles. The first-order valence-electron chi connectivity index (χ1n) is 9.41. The molecule has 1 aliphatic heterocycles. The first-order valence-corrected chi connectivity index (χ1v) is 9.41. The molecule has 0 spiro atoms. The monoisotopic (exact) mass is 396 g/mol. The largest absolute Gasteiger partial charge is 0.450 e. The quantitative estimate of drug-likeness (QED) is 0.510. The highest BCUT2D eigenvalue weighted by Crippen LogP contribution is 2.35. The van der Waals surface area contributed by atoms with Crippen molar-refractivity contribution >= 4 is 17.4 Å². The number of hydrogen-bond acceptors (Lipinski definition) is 5. The molecule has 1 heterocycles. The molecule has 0 atom stereocenters. The van der Waals surface area contributed by atoms with Crippen LogP contribution in [0.3, 0.4) is 0 Å². The molecule has 0 fully saturated rings. The summed E-state index contributed by atoms with van der Waals surface area (Å²) in [5.74, 6) is 0.718. The first kappa shape index (κ1) is 20.4. The smallest absolute Gasteiger partial charge is 0.410 e. The molecule has 0 N–H and O–H groups in total. The summed E-state index contributed by atoms with van der Waals surface area (Å²) in [5.41, 5.74) is 1.22. The second kappa shape index (κ2) is 8.34. The van der Waals surface area contributed by atoms with E-state index in [1.165, 1.54) is 6.07 Å². The molecule has 7 heteroatoms. The van der Waals surface area contributed by atoms with Crippen molar-refractivity contribution in [3.8, 4) is 11.5 Å². The average Bonchev–Trinajstić information content (AvgIpc) is 2.67. The molecule has 0 aliphatic carbocycles. The number of amides is 1. The zero-order chi connectivity index (χ0) is 21.0. The lowest BCUT2D eigenvalue weighted by molar-refractivity contribution is -0.385. The van der Waals surface area contributed by atoms with Crippen LogP contribution in [0.2, 0.25) is 0 Å². The molecule has 0 bridgehead atoms. The van der Waals surface area contributed by atoms with Crippen LogP contribution in [-0.2, 0) is 4.74 Å². The fraction of sp³-hybridized carbons (Fsp3) is 0.318. The number of hydrogen-bond donors (Lipinski definition) is 0. The molecule has 3 rings (SSSR count). The van der Waals surface area contributed by atoms with Crippen molar-refractivity contribution in [3.05, 3.63) is 70.3 Å². The second-order valence-electron chi connectivity index (χ2n) is 7.76. The number of carbonyl (C=O) groups is 1. The number of rotatable bonds is 4. The van der Waals surface area contributed by atoms with Gasteiger partial charge in [-0.2, -0.15) is 0 Å². The Hall–Kier alpha value is -3.35. The summed E-state index contributed by atoms with van der Waals surface area (Å²) >= 11 is 0. The Labute approximate surface area is 169 Å². The summed E-state index contributed by atoms with van der Waals surface area (Å²) in [5, 5.41) is 11.4. The number of nitrogens with zero attached hydrogens (tertiary/aromatic N) is 2. The molecule has 0 aromatic heterocycles. The minimum Gasteiger partial charge on any atom is -0.450 e. The van der Waals surface area contributed by atoms with Gasteiger partial charge in [-0.15, -0.1) is 0 Å². The van der Waals surface area contributed by atoms with E-state index in [1.54, 1.807) is 41.3 Å². The van der Waals surface area contributed by atoms with E-state index in [4.69, 9.17) is 9.47 Å². The van der Waals surface area contributed by atoms with Crippen LogP contribution in [0.4, 0.5) is 10.5 Å². The Kier molecular flexibility index (Phi) is 5.87. The van der Waals surface area contributed by atoms with Gasteiger partial charge in [-0.1, -0.05) is 24.3 Å². The SMILES string of the molecule is CC(C)(C)OC(=O)N1CC=C(c2ccc([N+](=O)[O-])c(Oc3ccccc3)c2)CC1. The van der Waals surface area contributed by atoms with Crippen molar-refractivity contribution in [2.45, 2.75) is 32.8 Å². The van der Waals surface area contributed by atoms with Crippen molar-refractivity contribution in [2.24, 2.45) is 0 Å². The zero-order valence-corrected chi connectivity index (χ0v) is 16.8. The maximum atomic E-state index is 12.2. The highest BCUT2D eigenvalue weighted by atomic mass is 16.6. The summed E-state index contributed by atoms with van der Waals surface area (Å²) in [6.07, 6.45) is 2.23. The Balaban J connectivity index is 1.80. The third-order valence-corrected chi connectivity index (χ3v) is 4.36. The predicted molar refractivity (Wildman–Crippen MR) is 110 cm³/mol. The molecule has 0 radical (unpaired) electrons. The van der Waals surface area contributed by atoms with Crippen LogP contribution in [0.15, 0.2) is 54.6 Å². The normalized spacial score (nSPS) is 14.2. The molecule has 1 aliphatic rings. The van der Waals surface area contributed by atoms with E-state index in [9.17, 15) is 14.9 Å². The van der Waals surface area contributed by atoms with Crippen LogP contribution in [0.25, 0.3) is 5.57 Å². The topological polar surface area (TPSA) is 81.9 Å². The van der Waals surface area contributed by atoms with Gasteiger partial charge in [0.2, 0.25) is 5.75 Å². The minimum absolute atomic E-state index is 0.0932. The highest BCUT2D eigenvalue weighted by molar-refractivity contribution is 5.74. The molecule has 7 nitrogen and oxygen atoms in total. The summed E-state index contributed by atoms with van der Waals surface area (Å²) in [4.78, 5) is 24.8. The van der Waals surface area contributed by atoms with Gasteiger partial charge < -0.3 is 14.4 Å². The Morgan fingerprint density at radius 2 is 1.86 bits per heavy atom. The van der Waals surface area contributed by atoms with Crippen LogP contribution >= 0.6 is 0 Å². The van der Waals surface area contributed by atoms with Crippen LogP contribution in [0.1, 0.15) is 32.8 Å². The summed E-state index contributed by atoms with van der Waals surface area (Å²) in [7, 11) is 0. The van der Waals surface area contributed by atoms with Crippen molar-refractivity contribution in [1.29, 1.82) is 0 Å². The van der Waals surface area contributed by atoms with E-state index in [2.05, 4.69) is 0 Å². The number of benzene rings is 2. The van der Waals surface area contributed by atoms with Gasteiger partial charge >= 0.3 is 11.8 Å². The van der Waals surface area contributed by atoms with Crippen molar-refractivity contribution in [3.63, 3.8) is 0 Å². The Morgan fingerprint density at radius 3 is 2.45 bits per heavy atom. The van der Waals surface area contributed by atoms with Gasteiger partial charge in [0, 0.05) is 19.2 Å². The molecule has 0 saturated carbocycles. The molecule has 29 heavy (non-hydrogen) atoms. The Morgan fingerprint density at radius 1 is 1.14 bits per heavy atom. The van der Waals surface area contributed by atoms with Gasteiger partial charge in [0.1, 0.15) is 11.4 Å². The number of para-hydroxylation sites is 1. The maximum Gasteiger partial charge on any atom is 0.410 e. The maximum absolute atomic E-state index is 12.2. The van der Waals surface area contributed by atoms with Crippen molar-refractivity contribution < 1.29 is 19.2 Å². The van der Waals surface area contributed by atoms with Crippen LogP contribution in [0, 0.1) is 10.1 Å². The van der Waals surface area contributed by atoms with Gasteiger partial charge in [-0.3, -0.25) is 10.1 Å². The van der Waals surface area contributed by atoms with E-state index in [0.717, 1.165) is 11.1 Å². The standard InChI is InChI=1S/C22H24N2O5/c1-22(2,3)29-21(25)23-13-11-16(12-14-23)17-9-10-19(24(26)27)20(15-17)28-18-7-5-4-6-8-18/h4-11,15H,12-14H2,1-3H3. The van der Waals surface area contributed by atoms with Gasteiger partial charge in [0.05, 0.1) is 4.92 Å². The van der Waals surface area contributed by atoms with Gasteiger partial charge in [-0.25, -0.2) is 4.79 Å². The highest BCUT2D eigenvalue weighted by Gasteiger charge is 2.25. The van der Waals surface area contributed by atoms with E-state index < -0.39 is 10.5 Å².